The Morgan fingerprint density at radius 1 is 1.05 bits per heavy atom. The number of fused-ring (bicyclic) bond motifs is 2. The van der Waals surface area contributed by atoms with Crippen LogP contribution in [0.4, 0.5) is 0 Å². The van der Waals surface area contributed by atoms with Crippen LogP contribution in [0, 0.1) is 0 Å². The van der Waals surface area contributed by atoms with Crippen LogP contribution in [-0.4, -0.2) is 15.8 Å². The third-order valence-electron chi connectivity index (χ3n) is 4.00. The molecule has 0 saturated carbocycles. The van der Waals surface area contributed by atoms with E-state index in [9.17, 15) is 9.59 Å². The van der Waals surface area contributed by atoms with Crippen molar-refractivity contribution in [1.29, 1.82) is 0 Å². The van der Waals surface area contributed by atoms with Gasteiger partial charge in [0.05, 0.1) is 15.9 Å². The molecule has 0 atom stereocenters. The fourth-order valence-corrected chi connectivity index (χ4v) is 4.13. The van der Waals surface area contributed by atoms with E-state index in [-0.39, 0.29) is 11.5 Å². The van der Waals surface area contributed by atoms with Gasteiger partial charge in [-0.2, -0.15) is 0 Å². The van der Waals surface area contributed by atoms with Crippen LogP contribution in [0.5, 0.6) is 0 Å². The summed E-state index contributed by atoms with van der Waals surface area (Å²) in [7, 11) is 0. The second kappa shape index (κ2) is 4.70. The Balaban J connectivity index is 1.75. The molecule has 2 heterocycles. The molecule has 0 bridgehead atoms. The van der Waals surface area contributed by atoms with Crippen LogP contribution < -0.4 is 5.69 Å². The lowest BCUT2D eigenvalue weighted by Crippen LogP contribution is -1.99. The van der Waals surface area contributed by atoms with Crippen LogP contribution in [0.15, 0.2) is 29.1 Å². The van der Waals surface area contributed by atoms with Gasteiger partial charge in [-0.1, -0.05) is 0 Å². The van der Waals surface area contributed by atoms with E-state index < -0.39 is 0 Å². The number of imidazole rings is 1. The molecule has 1 aliphatic rings. The first-order valence-corrected chi connectivity index (χ1v) is 7.91. The summed E-state index contributed by atoms with van der Waals surface area (Å²) in [4.78, 5) is 31.4. The molecule has 0 amide bonds. The first-order valence-electron chi connectivity index (χ1n) is 7.09. The molecule has 0 aliphatic heterocycles. The van der Waals surface area contributed by atoms with Gasteiger partial charge in [-0.3, -0.25) is 4.79 Å². The Morgan fingerprint density at radius 3 is 2.71 bits per heavy atom. The summed E-state index contributed by atoms with van der Waals surface area (Å²) in [6.07, 6.45) is 4.62. The summed E-state index contributed by atoms with van der Waals surface area (Å²) >= 11 is 1.62. The molecule has 0 spiro atoms. The van der Waals surface area contributed by atoms with Crippen molar-refractivity contribution in [1.82, 2.24) is 9.97 Å². The number of carbonyl (C=O) groups is 1. The van der Waals surface area contributed by atoms with Gasteiger partial charge in [0.15, 0.2) is 0 Å². The first-order chi connectivity index (χ1) is 10.2. The number of aromatic nitrogens is 2. The molecule has 0 unspecified atom stereocenters. The zero-order chi connectivity index (χ0) is 14.4. The number of hydrogen-bond acceptors (Lipinski definition) is 3. The fraction of sp³-hybridized carbons (Fsp3) is 0.250. The SMILES string of the molecule is O=C(c1ccc2[nH]c(=O)[nH]c2c1)c1cc2c(s1)CCCC2. The van der Waals surface area contributed by atoms with Crippen molar-refractivity contribution in [3.63, 3.8) is 0 Å². The second-order valence-electron chi connectivity index (χ2n) is 5.43. The molecule has 5 heteroatoms. The normalized spacial score (nSPS) is 14.3. The molecule has 4 rings (SSSR count). The Hall–Kier alpha value is -2.14. The summed E-state index contributed by atoms with van der Waals surface area (Å²) in [6.45, 7) is 0. The highest BCUT2D eigenvalue weighted by molar-refractivity contribution is 7.14. The first kappa shape index (κ1) is 12.6. The molecule has 21 heavy (non-hydrogen) atoms. The summed E-state index contributed by atoms with van der Waals surface area (Å²) in [5.74, 6) is 0.0401. The zero-order valence-electron chi connectivity index (χ0n) is 11.4. The Kier molecular flexibility index (Phi) is 2.82. The van der Waals surface area contributed by atoms with Gasteiger partial charge in [-0.25, -0.2) is 4.79 Å². The zero-order valence-corrected chi connectivity index (χ0v) is 12.2. The standard InChI is InChI=1S/C16H14N2O2S/c19-15(14-8-9-3-1-2-4-13(9)21-14)10-5-6-11-12(7-10)18-16(20)17-11/h5-8H,1-4H2,(H2,17,18,20). The molecule has 4 nitrogen and oxygen atoms in total. The molecule has 2 N–H and O–H groups in total. The molecular formula is C16H14N2O2S. The van der Waals surface area contributed by atoms with Gasteiger partial charge in [-0.15, -0.1) is 11.3 Å². The smallest absolute Gasteiger partial charge is 0.306 e. The lowest BCUT2D eigenvalue weighted by atomic mass is 9.98. The molecular weight excluding hydrogens is 284 g/mol. The van der Waals surface area contributed by atoms with E-state index in [1.807, 2.05) is 6.07 Å². The maximum atomic E-state index is 12.6. The predicted octanol–water partition coefficient (Wildman–Crippen LogP) is 3.03. The molecule has 0 fully saturated rings. The Labute approximate surface area is 124 Å². The molecule has 106 valence electrons. The maximum absolute atomic E-state index is 12.6. The van der Waals surface area contributed by atoms with E-state index in [0.29, 0.717) is 11.1 Å². The summed E-state index contributed by atoms with van der Waals surface area (Å²) in [6, 6.07) is 7.33. The van der Waals surface area contributed by atoms with Gasteiger partial charge < -0.3 is 9.97 Å². The van der Waals surface area contributed by atoms with Crippen LogP contribution in [0.1, 0.15) is 38.5 Å². The number of nitrogens with one attached hydrogen (secondary N) is 2. The fourth-order valence-electron chi connectivity index (χ4n) is 2.92. The number of hydrogen-bond donors (Lipinski definition) is 2. The minimum absolute atomic E-state index is 0.0401. The number of H-pyrrole nitrogens is 2. The van der Waals surface area contributed by atoms with E-state index in [4.69, 9.17) is 0 Å². The maximum Gasteiger partial charge on any atom is 0.323 e. The van der Waals surface area contributed by atoms with Gasteiger partial charge in [0.1, 0.15) is 0 Å². The quantitative estimate of drug-likeness (QED) is 0.714. The third-order valence-corrected chi connectivity index (χ3v) is 5.23. The van der Waals surface area contributed by atoms with Gasteiger partial charge in [0.25, 0.3) is 0 Å². The average molecular weight is 298 g/mol. The Bertz CT molecular complexity index is 877. The molecule has 1 aromatic carbocycles. The molecule has 3 aromatic rings. The largest absolute Gasteiger partial charge is 0.323 e. The summed E-state index contributed by atoms with van der Waals surface area (Å²) < 4.78 is 0. The highest BCUT2D eigenvalue weighted by Gasteiger charge is 2.18. The van der Waals surface area contributed by atoms with Crippen LogP contribution in [-0.2, 0) is 12.8 Å². The van der Waals surface area contributed by atoms with Gasteiger partial charge >= 0.3 is 5.69 Å². The van der Waals surface area contributed by atoms with E-state index in [2.05, 4.69) is 9.97 Å². The summed E-state index contributed by atoms with van der Waals surface area (Å²) in [5.41, 5.74) is 3.11. The number of ketones is 1. The monoisotopic (exact) mass is 298 g/mol. The van der Waals surface area contributed by atoms with Gasteiger partial charge in [0.2, 0.25) is 5.78 Å². The lowest BCUT2D eigenvalue weighted by molar-refractivity contribution is 0.104. The average Bonchev–Trinajstić information content (AvgIpc) is 3.07. The van der Waals surface area contributed by atoms with Crippen molar-refractivity contribution in [3.05, 3.63) is 55.6 Å². The Morgan fingerprint density at radius 2 is 1.86 bits per heavy atom. The van der Waals surface area contributed by atoms with Crippen LogP contribution in [0.25, 0.3) is 11.0 Å². The van der Waals surface area contributed by atoms with Crippen LogP contribution in [0.2, 0.25) is 0 Å². The highest BCUT2D eigenvalue weighted by atomic mass is 32.1. The minimum Gasteiger partial charge on any atom is -0.306 e. The molecule has 0 saturated heterocycles. The number of benzene rings is 1. The molecule has 1 aliphatic carbocycles. The predicted molar refractivity (Wildman–Crippen MR) is 83.3 cm³/mol. The van der Waals surface area contributed by atoms with Crippen molar-refractivity contribution in [2.24, 2.45) is 0 Å². The van der Waals surface area contributed by atoms with E-state index in [1.54, 1.807) is 29.5 Å². The number of rotatable bonds is 2. The van der Waals surface area contributed by atoms with Gasteiger partial charge in [-0.05, 0) is 55.5 Å². The van der Waals surface area contributed by atoms with Crippen LogP contribution >= 0.6 is 11.3 Å². The van der Waals surface area contributed by atoms with Crippen molar-refractivity contribution in [2.75, 3.05) is 0 Å². The number of carbonyl (C=O) groups excluding carboxylic acids is 1. The van der Waals surface area contributed by atoms with E-state index >= 15 is 0 Å². The third kappa shape index (κ3) is 2.14. The molecule has 0 radical (unpaired) electrons. The van der Waals surface area contributed by atoms with Crippen molar-refractivity contribution in [3.8, 4) is 0 Å². The van der Waals surface area contributed by atoms with Crippen LogP contribution in [0.3, 0.4) is 0 Å². The topological polar surface area (TPSA) is 65.7 Å². The number of aromatic amines is 2. The molecule has 2 aromatic heterocycles. The number of thiophene rings is 1. The van der Waals surface area contributed by atoms with Crippen molar-refractivity contribution < 1.29 is 4.79 Å². The minimum atomic E-state index is -0.249. The van der Waals surface area contributed by atoms with Gasteiger partial charge in [0, 0.05) is 10.4 Å². The van der Waals surface area contributed by atoms with Crippen molar-refractivity contribution in [2.45, 2.75) is 25.7 Å². The lowest BCUT2D eigenvalue weighted by Gasteiger charge is -2.08. The summed E-state index contributed by atoms with van der Waals surface area (Å²) in [5, 5.41) is 0. The van der Waals surface area contributed by atoms with E-state index in [0.717, 1.165) is 23.2 Å². The second-order valence-corrected chi connectivity index (χ2v) is 6.57. The number of aryl methyl sites for hydroxylation is 2. The highest BCUT2D eigenvalue weighted by Crippen LogP contribution is 2.31. The van der Waals surface area contributed by atoms with Crippen molar-refractivity contribution >= 4 is 28.2 Å². The van der Waals surface area contributed by atoms with E-state index in [1.165, 1.54) is 23.3 Å².